The summed E-state index contributed by atoms with van der Waals surface area (Å²) in [5.74, 6) is 0.289. The van der Waals surface area contributed by atoms with Crippen molar-refractivity contribution in [3.8, 4) is 22.8 Å². The lowest BCUT2D eigenvalue weighted by atomic mass is 10.1. The largest absolute Gasteiger partial charge is 0.496 e. The summed E-state index contributed by atoms with van der Waals surface area (Å²) < 4.78 is 12.0. The molecular weight excluding hydrogens is 434 g/mol. The minimum absolute atomic E-state index is 0.290. The average Bonchev–Trinajstić information content (AvgIpc) is 3.43. The van der Waals surface area contributed by atoms with Crippen molar-refractivity contribution in [2.75, 3.05) is 13.7 Å². The number of rotatable bonds is 8. The fourth-order valence-corrected chi connectivity index (χ4v) is 3.26. The van der Waals surface area contributed by atoms with Gasteiger partial charge in [0, 0.05) is 43.0 Å². The highest BCUT2D eigenvalue weighted by Gasteiger charge is 2.15. The molecule has 1 amide bonds. The number of esters is 1. The number of pyridine rings is 2. The van der Waals surface area contributed by atoms with Crippen LogP contribution in [0.25, 0.3) is 17.1 Å². The number of carbonyl (C=O) groups is 2. The molecule has 0 aliphatic carbocycles. The van der Waals surface area contributed by atoms with E-state index in [9.17, 15) is 9.59 Å². The molecule has 0 fully saturated rings. The number of nitrogens with zero attached hydrogens (tertiary/aromatic N) is 4. The molecule has 0 spiro atoms. The van der Waals surface area contributed by atoms with Gasteiger partial charge in [-0.1, -0.05) is 18.2 Å². The maximum absolute atomic E-state index is 12.7. The number of carbonyl (C=O) groups excluding carboxylic acids is 2. The van der Waals surface area contributed by atoms with E-state index in [-0.39, 0.29) is 18.4 Å². The zero-order valence-electron chi connectivity index (χ0n) is 18.8. The van der Waals surface area contributed by atoms with Gasteiger partial charge >= 0.3 is 5.97 Å². The monoisotopic (exact) mass is 457 g/mol. The molecule has 9 nitrogen and oxygen atoms in total. The highest BCUT2D eigenvalue weighted by molar-refractivity contribution is 5.96. The number of amides is 1. The van der Waals surface area contributed by atoms with Crippen LogP contribution in [-0.2, 0) is 11.3 Å². The topological polar surface area (TPSA) is 108 Å². The van der Waals surface area contributed by atoms with E-state index in [1.54, 1.807) is 54.5 Å². The summed E-state index contributed by atoms with van der Waals surface area (Å²) in [7, 11) is 1.50. The van der Waals surface area contributed by atoms with E-state index in [1.807, 2.05) is 24.3 Å². The van der Waals surface area contributed by atoms with Crippen LogP contribution in [-0.4, -0.2) is 45.3 Å². The Morgan fingerprint density at radius 2 is 1.88 bits per heavy atom. The SMILES string of the molecule is CCOC(=O)c1ccc(-c2ccc(CNC(=O)c3cnc(-n4cccn4)cc3OC)cn2)cc1. The molecule has 34 heavy (non-hydrogen) atoms. The van der Waals surface area contributed by atoms with Gasteiger partial charge in [-0.2, -0.15) is 5.10 Å². The summed E-state index contributed by atoms with van der Waals surface area (Å²) in [4.78, 5) is 33.3. The second-order valence-corrected chi connectivity index (χ2v) is 7.23. The van der Waals surface area contributed by atoms with E-state index >= 15 is 0 Å². The number of ether oxygens (including phenoxy) is 2. The maximum atomic E-state index is 12.7. The summed E-state index contributed by atoms with van der Waals surface area (Å²) in [6.07, 6.45) is 6.57. The highest BCUT2D eigenvalue weighted by Crippen LogP contribution is 2.21. The van der Waals surface area contributed by atoms with Crippen molar-refractivity contribution in [1.29, 1.82) is 0 Å². The predicted molar refractivity (Wildman–Crippen MR) is 125 cm³/mol. The molecule has 4 rings (SSSR count). The van der Waals surface area contributed by atoms with Crippen molar-refractivity contribution >= 4 is 11.9 Å². The summed E-state index contributed by atoms with van der Waals surface area (Å²) >= 11 is 0. The van der Waals surface area contributed by atoms with Gasteiger partial charge in [0.05, 0.1) is 30.5 Å². The Kier molecular flexibility index (Phi) is 6.92. The predicted octanol–water partition coefficient (Wildman–Crippen LogP) is 3.44. The van der Waals surface area contributed by atoms with Crippen molar-refractivity contribution in [3.05, 3.63) is 90.0 Å². The molecule has 0 unspecified atom stereocenters. The molecule has 0 radical (unpaired) electrons. The van der Waals surface area contributed by atoms with E-state index in [2.05, 4.69) is 20.4 Å². The molecule has 0 saturated carbocycles. The normalized spacial score (nSPS) is 10.5. The van der Waals surface area contributed by atoms with E-state index in [0.717, 1.165) is 16.8 Å². The standard InChI is InChI=1S/C25H23N5O4/c1-3-34-25(32)19-8-6-18(7-9-19)21-10-5-17(14-26-21)15-28-24(31)20-16-27-23(13-22(20)33-2)30-12-4-11-29-30/h4-14,16H,3,15H2,1-2H3,(H,28,31). The molecule has 0 saturated heterocycles. The number of nitrogens with one attached hydrogen (secondary N) is 1. The number of methoxy groups -OCH3 is 1. The molecule has 9 heteroatoms. The van der Waals surface area contributed by atoms with E-state index in [1.165, 1.54) is 13.3 Å². The van der Waals surface area contributed by atoms with Crippen LogP contribution >= 0.6 is 0 Å². The van der Waals surface area contributed by atoms with Crippen LogP contribution in [0.5, 0.6) is 5.75 Å². The van der Waals surface area contributed by atoms with Gasteiger partial charge in [-0.25, -0.2) is 14.5 Å². The number of hydrogen-bond donors (Lipinski definition) is 1. The molecule has 3 aromatic heterocycles. The first kappa shape index (κ1) is 22.7. The van der Waals surface area contributed by atoms with Crippen molar-refractivity contribution in [2.24, 2.45) is 0 Å². The Morgan fingerprint density at radius 3 is 2.53 bits per heavy atom. The first-order chi connectivity index (χ1) is 16.6. The van der Waals surface area contributed by atoms with Crippen LogP contribution in [0.4, 0.5) is 0 Å². The van der Waals surface area contributed by atoms with Gasteiger partial charge in [-0.3, -0.25) is 9.78 Å². The Labute approximate surface area is 196 Å². The second-order valence-electron chi connectivity index (χ2n) is 7.23. The fraction of sp³-hybridized carbons (Fsp3) is 0.160. The second kappa shape index (κ2) is 10.4. The van der Waals surface area contributed by atoms with E-state index < -0.39 is 0 Å². The zero-order chi connectivity index (χ0) is 23.9. The first-order valence-electron chi connectivity index (χ1n) is 10.6. The quantitative estimate of drug-likeness (QED) is 0.404. The highest BCUT2D eigenvalue weighted by atomic mass is 16.5. The summed E-state index contributed by atoms with van der Waals surface area (Å²) in [6.45, 7) is 2.39. The lowest BCUT2D eigenvalue weighted by Gasteiger charge is -2.11. The Balaban J connectivity index is 1.39. The Hall–Kier alpha value is -4.53. The van der Waals surface area contributed by atoms with E-state index in [4.69, 9.17) is 9.47 Å². The molecule has 1 aromatic carbocycles. The number of hydrogen-bond acceptors (Lipinski definition) is 7. The van der Waals surface area contributed by atoms with Crippen molar-refractivity contribution in [3.63, 3.8) is 0 Å². The Morgan fingerprint density at radius 1 is 1.06 bits per heavy atom. The average molecular weight is 457 g/mol. The molecule has 4 aromatic rings. The minimum atomic E-state index is -0.351. The molecule has 0 aliphatic rings. The molecule has 0 bridgehead atoms. The molecule has 1 N–H and O–H groups in total. The van der Waals surface area contributed by atoms with Gasteiger partial charge in [0.15, 0.2) is 5.82 Å². The van der Waals surface area contributed by atoms with Crippen molar-refractivity contribution < 1.29 is 19.1 Å². The van der Waals surface area contributed by atoms with Gasteiger partial charge in [-0.15, -0.1) is 0 Å². The lowest BCUT2D eigenvalue weighted by molar-refractivity contribution is 0.0526. The fourth-order valence-electron chi connectivity index (χ4n) is 3.26. The third kappa shape index (κ3) is 5.09. The van der Waals surface area contributed by atoms with Gasteiger partial charge in [0.25, 0.3) is 5.91 Å². The molecule has 3 heterocycles. The zero-order valence-corrected chi connectivity index (χ0v) is 18.8. The van der Waals surface area contributed by atoms with E-state index in [0.29, 0.717) is 29.3 Å². The number of benzene rings is 1. The third-order valence-corrected chi connectivity index (χ3v) is 5.02. The van der Waals surface area contributed by atoms with Gasteiger partial charge in [-0.05, 0) is 36.8 Å². The van der Waals surface area contributed by atoms with Gasteiger partial charge < -0.3 is 14.8 Å². The minimum Gasteiger partial charge on any atom is -0.496 e. The maximum Gasteiger partial charge on any atom is 0.338 e. The van der Waals surface area contributed by atoms with Gasteiger partial charge in [0.1, 0.15) is 5.75 Å². The smallest absolute Gasteiger partial charge is 0.338 e. The van der Waals surface area contributed by atoms with Crippen LogP contribution < -0.4 is 10.1 Å². The van der Waals surface area contributed by atoms with Crippen LogP contribution in [0.2, 0.25) is 0 Å². The van der Waals surface area contributed by atoms with Crippen LogP contribution in [0.15, 0.2) is 73.3 Å². The molecule has 0 atom stereocenters. The van der Waals surface area contributed by atoms with Crippen LogP contribution in [0.3, 0.4) is 0 Å². The third-order valence-electron chi connectivity index (χ3n) is 5.02. The molecule has 172 valence electrons. The summed E-state index contributed by atoms with van der Waals surface area (Å²) in [6, 6.07) is 14.3. The molecule has 0 aliphatic heterocycles. The van der Waals surface area contributed by atoms with Crippen LogP contribution in [0, 0.1) is 0 Å². The van der Waals surface area contributed by atoms with Crippen molar-refractivity contribution in [2.45, 2.75) is 13.5 Å². The number of aromatic nitrogens is 4. The molecular formula is C25H23N5O4. The summed E-state index contributed by atoms with van der Waals surface area (Å²) in [5, 5.41) is 6.99. The van der Waals surface area contributed by atoms with Crippen LogP contribution in [0.1, 0.15) is 33.2 Å². The first-order valence-corrected chi connectivity index (χ1v) is 10.6. The van der Waals surface area contributed by atoms with Gasteiger partial charge in [0.2, 0.25) is 0 Å². The summed E-state index contributed by atoms with van der Waals surface area (Å²) in [5.41, 5.74) is 3.28. The Bertz CT molecular complexity index is 1270. The lowest BCUT2D eigenvalue weighted by Crippen LogP contribution is -2.23. The van der Waals surface area contributed by atoms with Crippen molar-refractivity contribution in [1.82, 2.24) is 25.1 Å².